The summed E-state index contributed by atoms with van der Waals surface area (Å²) in [6.07, 6.45) is -7.31. The molecule has 1 amide bonds. The van der Waals surface area contributed by atoms with Crippen LogP contribution < -0.4 is 11.1 Å². The van der Waals surface area contributed by atoms with Gasteiger partial charge < -0.3 is 10.8 Å². The van der Waals surface area contributed by atoms with E-state index in [9.17, 15) is 18.0 Å². The zero-order chi connectivity index (χ0) is 13.9. The summed E-state index contributed by atoms with van der Waals surface area (Å²) in [5.41, 5.74) is 5.80. The standard InChI is InChI=1S/C11H13F3N2O2/c1-6(16-10(18)11(12,13)14)7-2-4-8(5-3-7)9(15)17/h2-6,10,16,18H,1H3,(H2,15,17). The minimum absolute atomic E-state index is 0.266. The van der Waals surface area contributed by atoms with Gasteiger partial charge in [0.05, 0.1) is 0 Å². The van der Waals surface area contributed by atoms with Gasteiger partial charge in [-0.1, -0.05) is 12.1 Å². The van der Waals surface area contributed by atoms with Crippen LogP contribution in [0.15, 0.2) is 24.3 Å². The van der Waals surface area contributed by atoms with Gasteiger partial charge in [-0.3, -0.25) is 10.1 Å². The average Bonchev–Trinajstić information content (AvgIpc) is 2.27. The van der Waals surface area contributed by atoms with Crippen LogP contribution in [0, 0.1) is 0 Å². The van der Waals surface area contributed by atoms with Gasteiger partial charge in [-0.25, -0.2) is 0 Å². The van der Waals surface area contributed by atoms with Crippen molar-refractivity contribution < 1.29 is 23.1 Å². The Labute approximate surface area is 102 Å². The Kier molecular flexibility index (Phi) is 4.31. The third kappa shape index (κ3) is 3.71. The van der Waals surface area contributed by atoms with Gasteiger partial charge in [0.15, 0.2) is 0 Å². The smallest absolute Gasteiger partial charge is 0.370 e. The van der Waals surface area contributed by atoms with E-state index in [2.05, 4.69) is 0 Å². The fourth-order valence-electron chi connectivity index (χ4n) is 1.36. The fraction of sp³-hybridized carbons (Fsp3) is 0.364. The molecule has 1 rings (SSSR count). The van der Waals surface area contributed by atoms with Gasteiger partial charge in [-0.15, -0.1) is 0 Å². The Hall–Kier alpha value is -1.60. The highest BCUT2D eigenvalue weighted by atomic mass is 19.4. The maximum Gasteiger partial charge on any atom is 0.427 e. The van der Waals surface area contributed by atoms with E-state index in [1.54, 1.807) is 0 Å². The van der Waals surface area contributed by atoms with Gasteiger partial charge >= 0.3 is 6.18 Å². The van der Waals surface area contributed by atoms with E-state index < -0.39 is 24.4 Å². The first kappa shape index (κ1) is 14.5. The molecular weight excluding hydrogens is 249 g/mol. The summed E-state index contributed by atoms with van der Waals surface area (Å²) in [5, 5.41) is 10.8. The zero-order valence-electron chi connectivity index (χ0n) is 9.53. The number of halogens is 3. The third-order valence-electron chi connectivity index (χ3n) is 2.41. The lowest BCUT2D eigenvalue weighted by Crippen LogP contribution is -2.43. The van der Waals surface area contributed by atoms with E-state index in [1.165, 1.54) is 31.2 Å². The minimum atomic E-state index is -4.72. The molecule has 2 atom stereocenters. The maximum absolute atomic E-state index is 12.1. The number of primary amides is 1. The number of aliphatic hydroxyl groups excluding tert-OH is 1. The second-order valence-electron chi connectivity index (χ2n) is 3.82. The number of amides is 1. The summed E-state index contributed by atoms with van der Waals surface area (Å²) >= 11 is 0. The second-order valence-corrected chi connectivity index (χ2v) is 3.82. The van der Waals surface area contributed by atoms with Gasteiger partial charge in [-0.2, -0.15) is 13.2 Å². The van der Waals surface area contributed by atoms with Gasteiger partial charge in [0.1, 0.15) is 0 Å². The summed E-state index contributed by atoms with van der Waals surface area (Å²) in [6.45, 7) is 1.47. The number of carbonyl (C=O) groups is 1. The summed E-state index contributed by atoms with van der Waals surface area (Å²) < 4.78 is 36.4. The number of hydrogen-bond donors (Lipinski definition) is 3. The first-order valence-corrected chi connectivity index (χ1v) is 5.12. The number of nitrogens with one attached hydrogen (secondary N) is 1. The molecular formula is C11H13F3N2O2. The van der Waals surface area contributed by atoms with Crippen LogP contribution in [0.25, 0.3) is 0 Å². The Bertz CT molecular complexity index is 417. The highest BCUT2D eigenvalue weighted by Crippen LogP contribution is 2.21. The Balaban J connectivity index is 2.73. The number of carbonyl (C=O) groups excluding carboxylic acids is 1. The topological polar surface area (TPSA) is 75.3 Å². The van der Waals surface area contributed by atoms with Crippen LogP contribution >= 0.6 is 0 Å². The van der Waals surface area contributed by atoms with Crippen molar-refractivity contribution in [3.05, 3.63) is 35.4 Å². The zero-order valence-corrected chi connectivity index (χ0v) is 9.53. The van der Waals surface area contributed by atoms with Crippen LogP contribution in [-0.4, -0.2) is 23.4 Å². The molecule has 7 heteroatoms. The van der Waals surface area contributed by atoms with Crippen LogP contribution in [-0.2, 0) is 0 Å². The summed E-state index contributed by atoms with van der Waals surface area (Å²) in [7, 11) is 0. The molecule has 0 saturated carbocycles. The molecule has 0 fully saturated rings. The highest BCUT2D eigenvalue weighted by molar-refractivity contribution is 5.92. The van der Waals surface area contributed by atoms with Crippen molar-refractivity contribution in [3.63, 3.8) is 0 Å². The van der Waals surface area contributed by atoms with Crippen molar-refractivity contribution >= 4 is 5.91 Å². The molecule has 0 bridgehead atoms. The average molecular weight is 262 g/mol. The van der Waals surface area contributed by atoms with Gasteiger partial charge in [0, 0.05) is 11.6 Å². The summed E-state index contributed by atoms with van der Waals surface area (Å²) in [4.78, 5) is 10.8. The molecule has 0 spiro atoms. The number of hydrogen-bond acceptors (Lipinski definition) is 3. The molecule has 4 N–H and O–H groups in total. The second kappa shape index (κ2) is 5.36. The lowest BCUT2D eigenvalue weighted by molar-refractivity contribution is -0.215. The molecule has 0 aliphatic rings. The van der Waals surface area contributed by atoms with Crippen LogP contribution in [0.4, 0.5) is 13.2 Å². The number of alkyl halides is 3. The first-order valence-electron chi connectivity index (χ1n) is 5.12. The maximum atomic E-state index is 12.1. The lowest BCUT2D eigenvalue weighted by Gasteiger charge is -2.21. The summed E-state index contributed by atoms with van der Waals surface area (Å²) in [5.74, 6) is -0.613. The number of rotatable bonds is 4. The van der Waals surface area contributed by atoms with Crippen LogP contribution in [0.5, 0.6) is 0 Å². The normalized spacial score (nSPS) is 15.2. The van der Waals surface area contributed by atoms with E-state index in [0.717, 1.165) is 0 Å². The Morgan fingerprint density at radius 2 is 1.83 bits per heavy atom. The molecule has 100 valence electrons. The van der Waals surface area contributed by atoms with Crippen molar-refractivity contribution in [2.45, 2.75) is 25.4 Å². The first-order chi connectivity index (χ1) is 8.21. The largest absolute Gasteiger partial charge is 0.427 e. The predicted octanol–water partition coefficient (Wildman–Crippen LogP) is 1.32. The Morgan fingerprint density at radius 1 is 1.33 bits per heavy atom. The molecule has 0 heterocycles. The number of nitrogens with two attached hydrogens (primary N) is 1. The van der Waals surface area contributed by atoms with Gasteiger partial charge in [0.25, 0.3) is 0 Å². The molecule has 0 aliphatic heterocycles. The van der Waals surface area contributed by atoms with Gasteiger partial charge in [-0.05, 0) is 24.6 Å². The van der Waals surface area contributed by atoms with Crippen molar-refractivity contribution in [1.82, 2.24) is 5.32 Å². The van der Waals surface area contributed by atoms with Crippen molar-refractivity contribution in [2.75, 3.05) is 0 Å². The molecule has 2 unspecified atom stereocenters. The quantitative estimate of drug-likeness (QED) is 0.716. The van der Waals surface area contributed by atoms with Crippen LogP contribution in [0.2, 0.25) is 0 Å². The van der Waals surface area contributed by atoms with E-state index >= 15 is 0 Å². The third-order valence-corrected chi connectivity index (χ3v) is 2.41. The van der Waals surface area contributed by atoms with Crippen LogP contribution in [0.3, 0.4) is 0 Å². The van der Waals surface area contributed by atoms with E-state index in [-0.39, 0.29) is 5.56 Å². The fourth-order valence-corrected chi connectivity index (χ4v) is 1.36. The van der Waals surface area contributed by atoms with Crippen molar-refractivity contribution in [3.8, 4) is 0 Å². The van der Waals surface area contributed by atoms with E-state index in [1.807, 2.05) is 5.32 Å². The molecule has 1 aromatic rings. The van der Waals surface area contributed by atoms with E-state index in [4.69, 9.17) is 10.8 Å². The minimum Gasteiger partial charge on any atom is -0.370 e. The lowest BCUT2D eigenvalue weighted by atomic mass is 10.1. The molecule has 1 aromatic carbocycles. The summed E-state index contributed by atoms with van der Waals surface area (Å²) in [6, 6.07) is 5.05. The van der Waals surface area contributed by atoms with E-state index in [0.29, 0.717) is 5.56 Å². The Morgan fingerprint density at radius 3 is 2.22 bits per heavy atom. The SMILES string of the molecule is CC(NC(O)C(F)(F)F)c1ccc(C(N)=O)cc1. The van der Waals surface area contributed by atoms with Gasteiger partial charge in [0.2, 0.25) is 12.1 Å². The molecule has 18 heavy (non-hydrogen) atoms. The molecule has 0 saturated heterocycles. The van der Waals surface area contributed by atoms with Crippen LogP contribution in [0.1, 0.15) is 28.9 Å². The number of aliphatic hydroxyl groups is 1. The number of benzene rings is 1. The molecule has 0 radical (unpaired) electrons. The predicted molar refractivity (Wildman–Crippen MR) is 58.6 cm³/mol. The molecule has 4 nitrogen and oxygen atoms in total. The monoisotopic (exact) mass is 262 g/mol. The molecule has 0 aromatic heterocycles. The van der Waals surface area contributed by atoms with Crippen molar-refractivity contribution in [2.24, 2.45) is 5.73 Å². The molecule has 0 aliphatic carbocycles. The highest BCUT2D eigenvalue weighted by Gasteiger charge is 2.38. The van der Waals surface area contributed by atoms with Crippen molar-refractivity contribution in [1.29, 1.82) is 0 Å².